The third-order valence-corrected chi connectivity index (χ3v) is 9.87. The van der Waals surface area contributed by atoms with Crippen LogP contribution < -0.4 is 0 Å². The van der Waals surface area contributed by atoms with Gasteiger partial charge in [-0.3, -0.25) is 4.90 Å². The van der Waals surface area contributed by atoms with Crippen molar-refractivity contribution in [3.8, 4) is 0 Å². The Kier molecular flexibility index (Phi) is 6.69. The molecule has 2 atom stereocenters. The van der Waals surface area contributed by atoms with E-state index in [2.05, 4.69) is 40.4 Å². The Morgan fingerprint density at radius 1 is 1.50 bits per heavy atom. The first-order valence-corrected chi connectivity index (χ1v) is 11.6. The van der Waals surface area contributed by atoms with Gasteiger partial charge in [-0.05, 0) is 50.7 Å². The second-order valence-electron chi connectivity index (χ2n) is 8.76. The van der Waals surface area contributed by atoms with Crippen molar-refractivity contribution in [2.45, 2.75) is 77.4 Å². The van der Waals surface area contributed by atoms with Crippen molar-refractivity contribution in [1.29, 1.82) is 0 Å². The maximum atomic E-state index is 11.6. The lowest BCUT2D eigenvalue weighted by Crippen LogP contribution is -2.48. The Morgan fingerprint density at radius 3 is 2.54 bits per heavy atom. The van der Waals surface area contributed by atoms with Crippen molar-refractivity contribution >= 4 is 14.4 Å². The van der Waals surface area contributed by atoms with Gasteiger partial charge in [0.15, 0.2) is 8.32 Å². The zero-order chi connectivity index (χ0) is 18.8. The highest BCUT2D eigenvalue weighted by Gasteiger charge is 2.45. The molecule has 1 fully saturated rings. The van der Waals surface area contributed by atoms with Crippen molar-refractivity contribution in [3.63, 3.8) is 0 Å². The Morgan fingerprint density at radius 2 is 2.08 bits per heavy atom. The molecule has 0 aromatic rings. The maximum Gasteiger partial charge on any atom is 0.409 e. The largest absolute Gasteiger partial charge is 0.465 e. The summed E-state index contributed by atoms with van der Waals surface area (Å²) >= 11 is 0. The molecule has 1 unspecified atom stereocenters. The number of hydrogen-bond acceptors (Lipinski definition) is 3. The number of ether oxygens (including phenoxy) is 1. The Balaban J connectivity index is 2.76. The van der Waals surface area contributed by atoms with Crippen LogP contribution in [0.5, 0.6) is 0 Å². The van der Waals surface area contributed by atoms with Crippen LogP contribution in [0.15, 0.2) is 12.7 Å². The van der Waals surface area contributed by atoms with Crippen LogP contribution in [0.25, 0.3) is 0 Å². The van der Waals surface area contributed by atoms with E-state index in [9.17, 15) is 9.90 Å². The number of carboxylic acid groups (broad SMARTS) is 1. The predicted octanol–water partition coefficient (Wildman–Crippen LogP) is 4.71. The Labute approximate surface area is 148 Å². The number of amides is 1. The third-order valence-electron chi connectivity index (χ3n) is 5.37. The quantitative estimate of drug-likeness (QED) is 0.530. The molecule has 1 aliphatic heterocycles. The van der Waals surface area contributed by atoms with E-state index in [4.69, 9.17) is 9.16 Å². The van der Waals surface area contributed by atoms with Crippen LogP contribution in [-0.2, 0) is 9.16 Å². The molecule has 0 radical (unpaired) electrons. The molecular formula is C18H35NO4Si. The molecule has 140 valence electrons. The number of hydrogen-bond donors (Lipinski definition) is 1. The molecule has 0 aliphatic carbocycles. The van der Waals surface area contributed by atoms with Gasteiger partial charge in [0.25, 0.3) is 0 Å². The van der Waals surface area contributed by atoms with Crippen LogP contribution in [0, 0.1) is 5.92 Å². The first-order valence-electron chi connectivity index (χ1n) is 8.73. The predicted molar refractivity (Wildman–Crippen MR) is 99.8 cm³/mol. The van der Waals surface area contributed by atoms with E-state index in [1.165, 1.54) is 4.90 Å². The third kappa shape index (κ3) is 5.07. The zero-order valence-electron chi connectivity index (χ0n) is 16.4. The minimum absolute atomic E-state index is 0.134. The normalized spacial score (nSPS) is 22.5. The molecule has 1 rings (SSSR count). The van der Waals surface area contributed by atoms with Crippen molar-refractivity contribution in [3.05, 3.63) is 12.7 Å². The molecule has 0 spiro atoms. The van der Waals surface area contributed by atoms with Crippen LogP contribution in [-0.4, -0.2) is 49.4 Å². The second-order valence-corrected chi connectivity index (χ2v) is 13.6. The van der Waals surface area contributed by atoms with Gasteiger partial charge in [0, 0.05) is 6.61 Å². The summed E-state index contributed by atoms with van der Waals surface area (Å²) in [4.78, 5) is 13.1. The molecule has 1 heterocycles. The van der Waals surface area contributed by atoms with Gasteiger partial charge in [-0.2, -0.15) is 0 Å². The van der Waals surface area contributed by atoms with Gasteiger partial charge in [-0.25, -0.2) is 4.79 Å². The minimum Gasteiger partial charge on any atom is -0.465 e. The highest BCUT2D eigenvalue weighted by Crippen LogP contribution is 2.37. The van der Waals surface area contributed by atoms with E-state index < -0.39 is 20.1 Å². The molecule has 0 aromatic carbocycles. The molecule has 1 amide bonds. The molecule has 0 bridgehead atoms. The molecule has 0 saturated carbocycles. The van der Waals surface area contributed by atoms with E-state index in [1.807, 2.05) is 6.08 Å². The second kappa shape index (κ2) is 7.58. The summed E-state index contributed by atoms with van der Waals surface area (Å²) < 4.78 is 12.0. The van der Waals surface area contributed by atoms with Gasteiger partial charge in [-0.15, -0.1) is 6.58 Å². The highest BCUT2D eigenvalue weighted by molar-refractivity contribution is 6.74. The maximum absolute atomic E-state index is 11.6. The Hall–Kier alpha value is -0.853. The fourth-order valence-electron chi connectivity index (χ4n) is 2.84. The zero-order valence-corrected chi connectivity index (χ0v) is 17.4. The summed E-state index contributed by atoms with van der Waals surface area (Å²) in [6.07, 6.45) is 2.52. The molecule has 1 saturated heterocycles. The van der Waals surface area contributed by atoms with Gasteiger partial charge in [0.2, 0.25) is 0 Å². The van der Waals surface area contributed by atoms with Crippen LogP contribution in [0.4, 0.5) is 4.79 Å². The van der Waals surface area contributed by atoms with Gasteiger partial charge >= 0.3 is 6.09 Å². The van der Waals surface area contributed by atoms with Crippen molar-refractivity contribution < 1.29 is 19.1 Å². The van der Waals surface area contributed by atoms with Gasteiger partial charge in [-0.1, -0.05) is 26.8 Å². The smallest absolute Gasteiger partial charge is 0.409 e. The summed E-state index contributed by atoms with van der Waals surface area (Å²) in [6.45, 7) is 19.7. The van der Waals surface area contributed by atoms with Crippen LogP contribution in [0.1, 0.15) is 47.5 Å². The molecule has 6 heteroatoms. The van der Waals surface area contributed by atoms with Gasteiger partial charge in [0.05, 0.1) is 12.6 Å². The number of rotatable bonds is 7. The first-order chi connectivity index (χ1) is 10.8. The van der Waals surface area contributed by atoms with Crippen LogP contribution >= 0.6 is 0 Å². The number of allylic oxidation sites excluding steroid dienone is 1. The average molecular weight is 358 g/mol. The summed E-state index contributed by atoms with van der Waals surface area (Å²) in [5.74, 6) is 0.251. The molecule has 5 nitrogen and oxygen atoms in total. The molecule has 24 heavy (non-hydrogen) atoms. The molecule has 1 N–H and O–H groups in total. The lowest BCUT2D eigenvalue weighted by Gasteiger charge is -2.38. The van der Waals surface area contributed by atoms with E-state index in [0.717, 1.165) is 12.8 Å². The average Bonchev–Trinajstić information content (AvgIpc) is 2.70. The van der Waals surface area contributed by atoms with Crippen LogP contribution in [0.3, 0.4) is 0 Å². The highest BCUT2D eigenvalue weighted by atomic mass is 28.4. The minimum atomic E-state index is -1.82. The van der Waals surface area contributed by atoms with Gasteiger partial charge < -0.3 is 14.3 Å². The molecular weight excluding hydrogens is 322 g/mol. The summed E-state index contributed by atoms with van der Waals surface area (Å²) in [5, 5.41) is 9.69. The van der Waals surface area contributed by atoms with E-state index in [0.29, 0.717) is 13.2 Å². The van der Waals surface area contributed by atoms with Crippen molar-refractivity contribution in [2.75, 3.05) is 13.2 Å². The van der Waals surface area contributed by atoms with Gasteiger partial charge in [0.1, 0.15) is 5.72 Å². The van der Waals surface area contributed by atoms with Crippen molar-refractivity contribution in [1.82, 2.24) is 4.90 Å². The van der Waals surface area contributed by atoms with E-state index >= 15 is 0 Å². The SMILES string of the molecule is C=CC[C@@H](CO[Si](C)(C)C(C)(C)C)CC1COC(C)(C)N1C(=O)O. The lowest BCUT2D eigenvalue weighted by atomic mass is 9.97. The summed E-state index contributed by atoms with van der Waals surface area (Å²) in [6, 6.07) is -0.134. The fourth-order valence-corrected chi connectivity index (χ4v) is 3.92. The fraction of sp³-hybridized carbons (Fsp3) is 0.833. The monoisotopic (exact) mass is 357 g/mol. The number of nitrogens with zero attached hydrogens (tertiary/aromatic N) is 1. The van der Waals surface area contributed by atoms with E-state index in [-0.39, 0.29) is 17.0 Å². The topological polar surface area (TPSA) is 59.0 Å². The lowest BCUT2D eigenvalue weighted by molar-refractivity contribution is -0.0426. The molecule has 0 aromatic heterocycles. The van der Waals surface area contributed by atoms with Crippen LogP contribution in [0.2, 0.25) is 18.1 Å². The number of carbonyl (C=O) groups is 1. The van der Waals surface area contributed by atoms with Crippen molar-refractivity contribution in [2.24, 2.45) is 5.92 Å². The molecule has 1 aliphatic rings. The first kappa shape index (κ1) is 21.2. The summed E-state index contributed by atoms with van der Waals surface area (Å²) in [7, 11) is -1.82. The standard InChI is InChI=1S/C18H35NO4Si/c1-9-10-14(12-23-24(7,8)17(2,3)4)11-15-13-22-18(5,6)19(15)16(20)21/h9,14-15H,1,10-13H2,2-8H3,(H,20,21)/t14-,15?/m1/s1. The van der Waals surface area contributed by atoms with E-state index in [1.54, 1.807) is 13.8 Å². The summed E-state index contributed by atoms with van der Waals surface area (Å²) in [5.41, 5.74) is -0.768. The Bertz CT molecular complexity index is 456.